The molecule has 2 unspecified atom stereocenters. The third-order valence-electron chi connectivity index (χ3n) is 14.0. The van der Waals surface area contributed by atoms with E-state index in [1.165, 1.54) is 33.1 Å². The van der Waals surface area contributed by atoms with Crippen molar-refractivity contribution in [3.63, 3.8) is 0 Å². The number of aromatic nitrogens is 4. The van der Waals surface area contributed by atoms with Crippen molar-refractivity contribution in [2.45, 2.75) is 12.0 Å². The predicted molar refractivity (Wildman–Crippen MR) is 278 cm³/mol. The van der Waals surface area contributed by atoms with E-state index in [9.17, 15) is 0 Å². The first-order valence-electron chi connectivity index (χ1n) is 23.1. The first-order chi connectivity index (χ1) is 33.2. The molecule has 0 spiro atoms. The molecule has 1 aliphatic heterocycles. The summed E-state index contributed by atoms with van der Waals surface area (Å²) < 4.78 is 4.74. The largest absolute Gasteiger partial charge is 0.333 e. The van der Waals surface area contributed by atoms with E-state index in [4.69, 9.17) is 9.97 Å². The Morgan fingerprint density at radius 2 is 1.04 bits per heavy atom. The maximum absolute atomic E-state index is 5.56. The van der Waals surface area contributed by atoms with E-state index in [1.54, 1.807) is 0 Å². The molecule has 5 nitrogen and oxygen atoms in total. The summed E-state index contributed by atoms with van der Waals surface area (Å²) in [5.74, 6) is 1.16. The van der Waals surface area contributed by atoms with Crippen LogP contribution in [0.4, 0.5) is 11.4 Å². The van der Waals surface area contributed by atoms with E-state index in [1.807, 2.05) is 0 Å². The third kappa shape index (κ3) is 5.81. The summed E-state index contributed by atoms with van der Waals surface area (Å²) >= 11 is 0. The van der Waals surface area contributed by atoms with Gasteiger partial charge in [0.25, 0.3) is 0 Å². The highest BCUT2D eigenvalue weighted by Gasteiger charge is 2.37. The van der Waals surface area contributed by atoms with Crippen LogP contribution in [-0.2, 0) is 0 Å². The van der Waals surface area contributed by atoms with Gasteiger partial charge in [-0.1, -0.05) is 170 Å². The highest BCUT2D eigenvalue weighted by atomic mass is 15.2. The van der Waals surface area contributed by atoms with Gasteiger partial charge in [-0.2, -0.15) is 0 Å². The van der Waals surface area contributed by atoms with Crippen molar-refractivity contribution in [1.29, 1.82) is 0 Å². The van der Waals surface area contributed by atoms with E-state index >= 15 is 0 Å². The standard InChI is InChI=1S/C62H41N5/c1-3-18-40(19-4-1)62-64-61-58(67(62)44-22-5-2-6-23-44)35-34-52-47-24-7-12-29-53(47)63-60(59(52)61)42-21-17-20-41(36-42)43-37-45(65-54-30-13-8-25-48(54)49-26-9-14-31-55(49)65)39-46(38-43)66-56-32-15-10-27-50(56)51-28-11-16-33-57(51)66/h1-39,48,54H. The second-order valence-corrected chi connectivity index (χ2v) is 17.7. The number of rotatable bonds is 6. The number of allylic oxidation sites excluding steroid dienone is 2. The Bertz CT molecular complexity index is 3950. The van der Waals surface area contributed by atoms with Gasteiger partial charge in [-0.25, -0.2) is 9.97 Å². The summed E-state index contributed by atoms with van der Waals surface area (Å²) in [6.07, 6.45) is 9.11. The second kappa shape index (κ2) is 14.9. The molecule has 12 aromatic rings. The molecule has 0 amide bonds. The lowest BCUT2D eigenvalue weighted by atomic mass is 9.91. The lowest BCUT2D eigenvalue weighted by Gasteiger charge is -2.30. The van der Waals surface area contributed by atoms with Crippen LogP contribution in [0.5, 0.6) is 0 Å². The van der Waals surface area contributed by atoms with Crippen molar-refractivity contribution in [3.05, 3.63) is 242 Å². The molecule has 0 saturated heterocycles. The van der Waals surface area contributed by atoms with Crippen molar-refractivity contribution >= 4 is 65.9 Å². The number of benzene rings is 9. The van der Waals surface area contributed by atoms with E-state index in [0.717, 1.165) is 83.5 Å². The van der Waals surface area contributed by atoms with Crippen LogP contribution in [0.3, 0.4) is 0 Å². The summed E-state index contributed by atoms with van der Waals surface area (Å²) in [5.41, 5.74) is 16.4. The third-order valence-corrected chi connectivity index (χ3v) is 14.0. The van der Waals surface area contributed by atoms with Crippen LogP contribution < -0.4 is 4.90 Å². The highest BCUT2D eigenvalue weighted by Crippen LogP contribution is 2.49. The maximum Gasteiger partial charge on any atom is 0.145 e. The Kier molecular flexibility index (Phi) is 8.34. The average Bonchev–Trinajstić information content (AvgIpc) is 4.07. The number of fused-ring (bicyclic) bond motifs is 11. The SMILES string of the molecule is C1=CC2c3ccccc3N(c3cc(-c4cccc(-c5nc6ccccc6c6ccc7c(nc(-c8ccccc8)n7-c7ccccc7)c56)c4)cc(-n4c5ccccc5c5ccccc54)c3)C2C=C1. The number of anilines is 2. The number of hydrogen-bond acceptors (Lipinski definition) is 3. The first-order valence-corrected chi connectivity index (χ1v) is 23.1. The summed E-state index contributed by atoms with van der Waals surface area (Å²) in [7, 11) is 0. The molecule has 5 heteroatoms. The molecule has 3 aromatic heterocycles. The predicted octanol–water partition coefficient (Wildman–Crippen LogP) is 15.6. The fourth-order valence-electron chi connectivity index (χ4n) is 11.1. The molecule has 1 aliphatic carbocycles. The normalized spacial score (nSPS) is 15.3. The molecule has 9 aromatic carbocycles. The van der Waals surface area contributed by atoms with Gasteiger partial charge in [-0.05, 0) is 88.8 Å². The molecule has 314 valence electrons. The van der Waals surface area contributed by atoms with Crippen molar-refractivity contribution in [2.24, 2.45) is 0 Å². The van der Waals surface area contributed by atoms with Gasteiger partial charge in [0.15, 0.2) is 0 Å². The Morgan fingerprint density at radius 3 is 1.87 bits per heavy atom. The second-order valence-electron chi connectivity index (χ2n) is 17.7. The van der Waals surface area contributed by atoms with Crippen LogP contribution in [0.15, 0.2) is 237 Å². The fraction of sp³-hybridized carbons (Fsp3) is 0.0323. The summed E-state index contributed by atoms with van der Waals surface area (Å²) in [6.45, 7) is 0. The van der Waals surface area contributed by atoms with Crippen molar-refractivity contribution in [1.82, 2.24) is 19.1 Å². The van der Waals surface area contributed by atoms with E-state index in [0.29, 0.717) is 0 Å². The maximum atomic E-state index is 5.56. The molecule has 0 fully saturated rings. The summed E-state index contributed by atoms with van der Waals surface area (Å²) in [5, 5.41) is 5.75. The minimum absolute atomic E-state index is 0.155. The molecule has 0 N–H and O–H groups in total. The lowest BCUT2D eigenvalue weighted by Crippen LogP contribution is -2.28. The van der Waals surface area contributed by atoms with E-state index in [2.05, 4.69) is 251 Å². The minimum Gasteiger partial charge on any atom is -0.333 e. The molecule has 0 bridgehead atoms. The first kappa shape index (κ1) is 37.6. The summed E-state index contributed by atoms with van der Waals surface area (Å²) in [6, 6.07) is 76.8. The van der Waals surface area contributed by atoms with Gasteiger partial charge in [0.05, 0.1) is 39.3 Å². The highest BCUT2D eigenvalue weighted by molar-refractivity contribution is 6.20. The summed E-state index contributed by atoms with van der Waals surface area (Å²) in [4.78, 5) is 13.7. The van der Waals surface area contributed by atoms with Crippen LogP contribution in [0, 0.1) is 0 Å². The monoisotopic (exact) mass is 855 g/mol. The Morgan fingerprint density at radius 1 is 0.388 bits per heavy atom. The van der Waals surface area contributed by atoms with Gasteiger partial charge in [0.1, 0.15) is 5.82 Å². The lowest BCUT2D eigenvalue weighted by molar-refractivity contribution is 0.744. The molecule has 2 aliphatic rings. The number of nitrogens with zero attached hydrogens (tertiary/aromatic N) is 5. The van der Waals surface area contributed by atoms with E-state index in [-0.39, 0.29) is 12.0 Å². The zero-order chi connectivity index (χ0) is 44.0. The number of pyridine rings is 1. The molecular formula is C62H41N5. The molecule has 0 radical (unpaired) electrons. The molecule has 67 heavy (non-hydrogen) atoms. The molecule has 0 saturated carbocycles. The van der Waals surface area contributed by atoms with Crippen LogP contribution in [0.1, 0.15) is 11.5 Å². The van der Waals surface area contributed by atoms with Crippen LogP contribution in [0.25, 0.3) is 99.7 Å². The molecule has 2 atom stereocenters. The van der Waals surface area contributed by atoms with E-state index < -0.39 is 0 Å². The zero-order valence-corrected chi connectivity index (χ0v) is 36.4. The van der Waals surface area contributed by atoms with Crippen LogP contribution >= 0.6 is 0 Å². The molecular weight excluding hydrogens is 815 g/mol. The number of hydrogen-bond donors (Lipinski definition) is 0. The van der Waals surface area contributed by atoms with Gasteiger partial charge in [-0.3, -0.25) is 4.57 Å². The quantitative estimate of drug-likeness (QED) is 0.156. The van der Waals surface area contributed by atoms with Crippen LogP contribution in [-0.4, -0.2) is 25.1 Å². The van der Waals surface area contributed by atoms with Gasteiger partial charge in [-0.15, -0.1) is 0 Å². The average molecular weight is 856 g/mol. The topological polar surface area (TPSA) is 38.9 Å². The van der Waals surface area contributed by atoms with Gasteiger partial charge in [0, 0.05) is 61.3 Å². The van der Waals surface area contributed by atoms with Crippen molar-refractivity contribution in [3.8, 4) is 45.1 Å². The number of para-hydroxylation sites is 5. The van der Waals surface area contributed by atoms with Gasteiger partial charge < -0.3 is 9.47 Å². The number of imidazole rings is 1. The fourth-order valence-corrected chi connectivity index (χ4v) is 11.1. The van der Waals surface area contributed by atoms with Gasteiger partial charge >= 0.3 is 0 Å². The molecule has 14 rings (SSSR count). The van der Waals surface area contributed by atoms with Crippen LogP contribution in [0.2, 0.25) is 0 Å². The van der Waals surface area contributed by atoms with Crippen molar-refractivity contribution in [2.75, 3.05) is 4.90 Å². The Hall–Kier alpha value is -8.80. The van der Waals surface area contributed by atoms with Crippen molar-refractivity contribution < 1.29 is 0 Å². The Labute approximate surface area is 387 Å². The Balaban J connectivity index is 1.02. The molecule has 4 heterocycles. The minimum atomic E-state index is 0.155. The smallest absolute Gasteiger partial charge is 0.145 e. The van der Waals surface area contributed by atoms with Gasteiger partial charge in [0.2, 0.25) is 0 Å². The zero-order valence-electron chi connectivity index (χ0n) is 36.4.